The zero-order valence-electron chi connectivity index (χ0n) is 18.1. The average molecular weight is 392 g/mol. The van der Waals surface area contributed by atoms with Crippen LogP contribution >= 0.6 is 0 Å². The van der Waals surface area contributed by atoms with E-state index in [1.54, 1.807) is 0 Å². The summed E-state index contributed by atoms with van der Waals surface area (Å²) in [5, 5.41) is 0.159. The molecule has 1 aromatic carbocycles. The van der Waals surface area contributed by atoms with Crippen molar-refractivity contribution in [3.05, 3.63) is 35.9 Å². The first-order valence-corrected chi connectivity index (χ1v) is 13.1. The molecule has 152 valence electrons. The van der Waals surface area contributed by atoms with E-state index in [4.69, 9.17) is 9.16 Å². The van der Waals surface area contributed by atoms with Gasteiger partial charge in [0, 0.05) is 13.0 Å². The fraction of sp³-hybridized carbons (Fsp3) is 0.682. The van der Waals surface area contributed by atoms with Gasteiger partial charge in [-0.2, -0.15) is 0 Å². The molecule has 4 nitrogen and oxygen atoms in total. The van der Waals surface area contributed by atoms with Gasteiger partial charge >= 0.3 is 5.97 Å². The monoisotopic (exact) mass is 391 g/mol. The largest absolute Gasteiger partial charge is 0.464 e. The second kappa shape index (κ2) is 8.89. The third-order valence-electron chi connectivity index (χ3n) is 6.25. The van der Waals surface area contributed by atoms with Crippen LogP contribution in [0.2, 0.25) is 18.1 Å². The molecule has 1 fully saturated rings. The van der Waals surface area contributed by atoms with Gasteiger partial charge in [0.05, 0.1) is 12.1 Å². The molecular weight excluding hydrogens is 354 g/mol. The van der Waals surface area contributed by atoms with Crippen molar-refractivity contribution in [3.63, 3.8) is 0 Å². The number of carbonyl (C=O) groups excluding carboxylic acids is 1. The van der Waals surface area contributed by atoms with Gasteiger partial charge < -0.3 is 9.16 Å². The Balaban J connectivity index is 2.25. The lowest BCUT2D eigenvalue weighted by Crippen LogP contribution is -2.56. The molecular formula is C22H37NO3Si. The third-order valence-corrected chi connectivity index (χ3v) is 10.8. The highest BCUT2D eigenvalue weighted by atomic mass is 28.4. The van der Waals surface area contributed by atoms with Crippen LogP contribution in [-0.2, 0) is 14.0 Å². The first-order valence-electron chi connectivity index (χ1n) is 10.1. The van der Waals surface area contributed by atoms with Crippen molar-refractivity contribution in [2.24, 2.45) is 0 Å². The fourth-order valence-electron chi connectivity index (χ4n) is 3.55. The summed E-state index contributed by atoms with van der Waals surface area (Å²) in [6.07, 6.45) is 2.23. The molecule has 0 bridgehead atoms. The number of nitrogens with zero attached hydrogens (tertiary/aromatic N) is 1. The number of ether oxygens (including phenoxy) is 1. The first kappa shape index (κ1) is 22.1. The summed E-state index contributed by atoms with van der Waals surface area (Å²) in [5.74, 6) is -0.223. The van der Waals surface area contributed by atoms with E-state index in [2.05, 4.69) is 70.0 Å². The van der Waals surface area contributed by atoms with E-state index >= 15 is 0 Å². The van der Waals surface area contributed by atoms with E-state index in [0.717, 1.165) is 19.4 Å². The van der Waals surface area contributed by atoms with Gasteiger partial charge in [0.15, 0.2) is 8.32 Å². The molecule has 0 aliphatic carbocycles. The molecule has 1 aromatic rings. The van der Waals surface area contributed by atoms with E-state index in [-0.39, 0.29) is 29.2 Å². The molecule has 0 aromatic heterocycles. The molecule has 0 unspecified atom stereocenters. The number of hydrogen-bond donors (Lipinski definition) is 0. The highest BCUT2D eigenvalue weighted by molar-refractivity contribution is 6.74. The number of benzene rings is 1. The predicted octanol–water partition coefficient (Wildman–Crippen LogP) is 5.17. The lowest BCUT2D eigenvalue weighted by molar-refractivity contribution is -0.145. The van der Waals surface area contributed by atoms with Crippen LogP contribution in [0.25, 0.3) is 0 Å². The molecule has 5 heteroatoms. The summed E-state index contributed by atoms with van der Waals surface area (Å²) in [6, 6.07) is 10.9. The third kappa shape index (κ3) is 5.66. The minimum Gasteiger partial charge on any atom is -0.464 e. The van der Waals surface area contributed by atoms with Gasteiger partial charge in [-0.1, -0.05) is 51.1 Å². The lowest BCUT2D eigenvalue weighted by Gasteiger charge is -2.48. The van der Waals surface area contributed by atoms with Crippen molar-refractivity contribution < 1.29 is 14.0 Å². The first-order chi connectivity index (χ1) is 12.5. The SMILES string of the molecule is CC(=O)OC[C@H]1[C@H](O[Si](C)(C)C(C)(C)C)CCCN1[C@H](C)c1ccccc1. The Morgan fingerprint density at radius 3 is 2.44 bits per heavy atom. The summed E-state index contributed by atoms with van der Waals surface area (Å²) in [6.45, 7) is 16.5. The molecule has 1 saturated heterocycles. The zero-order valence-corrected chi connectivity index (χ0v) is 19.1. The summed E-state index contributed by atoms with van der Waals surface area (Å²) >= 11 is 0. The van der Waals surface area contributed by atoms with Crippen LogP contribution in [0.3, 0.4) is 0 Å². The van der Waals surface area contributed by atoms with Crippen molar-refractivity contribution in [2.45, 2.75) is 83.8 Å². The molecule has 0 radical (unpaired) electrons. The van der Waals surface area contributed by atoms with Crippen molar-refractivity contribution in [3.8, 4) is 0 Å². The Kier molecular flexibility index (Phi) is 7.28. The minimum atomic E-state index is -1.90. The molecule has 0 saturated carbocycles. The maximum Gasteiger partial charge on any atom is 0.302 e. The van der Waals surface area contributed by atoms with E-state index < -0.39 is 8.32 Å². The summed E-state index contributed by atoms with van der Waals surface area (Å²) < 4.78 is 12.3. The average Bonchev–Trinajstić information content (AvgIpc) is 2.59. The summed E-state index contributed by atoms with van der Waals surface area (Å²) in [4.78, 5) is 14.0. The number of carbonyl (C=O) groups is 1. The summed E-state index contributed by atoms with van der Waals surface area (Å²) in [5.41, 5.74) is 1.29. The zero-order chi connectivity index (χ0) is 20.2. The van der Waals surface area contributed by atoms with Crippen molar-refractivity contribution in [1.29, 1.82) is 0 Å². The van der Waals surface area contributed by atoms with E-state index in [9.17, 15) is 4.79 Å². The van der Waals surface area contributed by atoms with Crippen LogP contribution in [-0.4, -0.2) is 44.5 Å². The van der Waals surface area contributed by atoms with Gasteiger partial charge in [-0.15, -0.1) is 0 Å². The van der Waals surface area contributed by atoms with Crippen LogP contribution in [0.5, 0.6) is 0 Å². The second-order valence-electron chi connectivity index (χ2n) is 9.25. The van der Waals surface area contributed by atoms with Crippen LogP contribution in [0.4, 0.5) is 0 Å². The summed E-state index contributed by atoms with van der Waals surface area (Å²) in [7, 11) is -1.90. The number of rotatable bonds is 6. The molecule has 1 aliphatic heterocycles. The van der Waals surface area contributed by atoms with Crippen LogP contribution < -0.4 is 0 Å². The van der Waals surface area contributed by atoms with E-state index in [1.165, 1.54) is 12.5 Å². The maximum absolute atomic E-state index is 11.5. The number of esters is 1. The standard InChI is InChI=1S/C22H37NO3Si/c1-17(19-12-9-8-10-13-19)23-15-11-14-21(20(23)16-25-18(2)24)26-27(6,7)22(3,4)5/h8-10,12-13,17,20-21H,11,14-16H2,1-7H3/t17-,20+,21-/m1/s1. The quantitative estimate of drug-likeness (QED) is 0.495. The smallest absolute Gasteiger partial charge is 0.302 e. The highest BCUT2D eigenvalue weighted by Gasteiger charge is 2.43. The Bertz CT molecular complexity index is 612. The molecule has 0 amide bonds. The molecule has 1 aliphatic rings. The molecule has 0 N–H and O–H groups in total. The topological polar surface area (TPSA) is 38.8 Å². The van der Waals surface area contributed by atoms with Gasteiger partial charge in [0.1, 0.15) is 6.61 Å². The second-order valence-corrected chi connectivity index (χ2v) is 14.0. The van der Waals surface area contributed by atoms with E-state index in [1.807, 2.05) is 6.07 Å². The lowest BCUT2D eigenvalue weighted by atomic mass is 9.95. The minimum absolute atomic E-state index is 0.0898. The van der Waals surface area contributed by atoms with Crippen LogP contribution in [0, 0.1) is 0 Å². The van der Waals surface area contributed by atoms with Gasteiger partial charge in [0.2, 0.25) is 0 Å². The van der Waals surface area contributed by atoms with Gasteiger partial charge in [0.25, 0.3) is 0 Å². The van der Waals surface area contributed by atoms with Crippen LogP contribution in [0.1, 0.15) is 59.1 Å². The highest BCUT2D eigenvalue weighted by Crippen LogP contribution is 2.40. The molecule has 3 atom stereocenters. The Morgan fingerprint density at radius 1 is 1.26 bits per heavy atom. The van der Waals surface area contributed by atoms with Crippen LogP contribution in [0.15, 0.2) is 30.3 Å². The molecule has 0 spiro atoms. The predicted molar refractivity (Wildman–Crippen MR) is 113 cm³/mol. The fourth-order valence-corrected chi connectivity index (χ4v) is 4.93. The Labute approximate surface area is 166 Å². The number of likely N-dealkylation sites (tertiary alicyclic amines) is 1. The maximum atomic E-state index is 11.5. The molecule has 1 heterocycles. The van der Waals surface area contributed by atoms with E-state index in [0.29, 0.717) is 6.61 Å². The van der Waals surface area contributed by atoms with Gasteiger partial charge in [-0.25, -0.2) is 0 Å². The van der Waals surface area contributed by atoms with Gasteiger partial charge in [-0.3, -0.25) is 9.69 Å². The molecule has 2 rings (SSSR count). The molecule has 27 heavy (non-hydrogen) atoms. The normalized spacial score (nSPS) is 23.1. The van der Waals surface area contributed by atoms with Crippen molar-refractivity contribution in [2.75, 3.05) is 13.2 Å². The Hall–Kier alpha value is -1.17. The van der Waals surface area contributed by atoms with Gasteiger partial charge in [-0.05, 0) is 50.0 Å². The number of hydrogen-bond acceptors (Lipinski definition) is 4. The van der Waals surface area contributed by atoms with Crippen molar-refractivity contribution >= 4 is 14.3 Å². The van der Waals surface area contributed by atoms with Crippen molar-refractivity contribution in [1.82, 2.24) is 4.90 Å². The Morgan fingerprint density at radius 2 is 1.89 bits per heavy atom. The number of piperidine rings is 1.